The number of hydrogen-bond donors (Lipinski definition) is 2. The molecule has 2 fully saturated rings. The Hall–Kier alpha value is -2.61. The van der Waals surface area contributed by atoms with Gasteiger partial charge in [0.05, 0.1) is 5.56 Å². The van der Waals surface area contributed by atoms with Gasteiger partial charge < -0.3 is 24.9 Å². The van der Waals surface area contributed by atoms with Gasteiger partial charge in [-0.1, -0.05) is 32.0 Å². The average Bonchev–Trinajstić information content (AvgIpc) is 3.45. The van der Waals surface area contributed by atoms with E-state index in [1.54, 1.807) is 11.0 Å². The molecule has 0 bridgehead atoms. The molecule has 194 valence electrons. The van der Waals surface area contributed by atoms with Crippen LogP contribution in [0, 0.1) is 5.92 Å². The monoisotopic (exact) mass is 492 g/mol. The Balaban J connectivity index is 1.17. The summed E-state index contributed by atoms with van der Waals surface area (Å²) in [7, 11) is 2.23. The van der Waals surface area contributed by atoms with Gasteiger partial charge in [-0.25, -0.2) is 0 Å². The van der Waals surface area contributed by atoms with Crippen LogP contribution in [-0.2, 0) is 19.6 Å². The number of carbonyl (C=O) groups is 1. The van der Waals surface area contributed by atoms with Gasteiger partial charge in [0.15, 0.2) is 0 Å². The Morgan fingerprint density at radius 2 is 1.67 bits per heavy atom. The third-order valence-electron chi connectivity index (χ3n) is 8.15. The largest absolute Gasteiger partial charge is 0.508 e. The molecule has 7 heteroatoms. The Bertz CT molecular complexity index is 1110. The number of rotatable bonds is 6. The predicted octanol–water partition coefficient (Wildman–Crippen LogP) is 3.45. The molecule has 2 aromatic carbocycles. The highest BCUT2D eigenvalue weighted by Crippen LogP contribution is 2.34. The molecule has 36 heavy (non-hydrogen) atoms. The molecule has 3 aliphatic heterocycles. The molecule has 2 aromatic rings. The second-order valence-electron chi connectivity index (χ2n) is 11.3. The minimum absolute atomic E-state index is 0.0281. The minimum atomic E-state index is -0.197. The van der Waals surface area contributed by atoms with Gasteiger partial charge in [0.1, 0.15) is 11.5 Å². The summed E-state index contributed by atoms with van der Waals surface area (Å²) in [6.45, 7) is 14.1. The van der Waals surface area contributed by atoms with Gasteiger partial charge in [-0.15, -0.1) is 0 Å². The van der Waals surface area contributed by atoms with Crippen LogP contribution in [0.25, 0.3) is 0 Å². The Morgan fingerprint density at radius 1 is 0.944 bits per heavy atom. The van der Waals surface area contributed by atoms with Crippen LogP contribution in [0.5, 0.6) is 11.5 Å². The van der Waals surface area contributed by atoms with Crippen molar-refractivity contribution in [1.82, 2.24) is 19.6 Å². The number of phenolic OH excluding ortho intramolecular Hbond substituents is 2. The first-order valence-electron chi connectivity index (χ1n) is 13.4. The lowest BCUT2D eigenvalue weighted by molar-refractivity contribution is 0.0748. The Morgan fingerprint density at radius 3 is 2.36 bits per heavy atom. The number of hydrogen-bond acceptors (Lipinski definition) is 6. The molecule has 1 amide bonds. The number of carbonyl (C=O) groups excluding carboxylic acids is 1. The summed E-state index contributed by atoms with van der Waals surface area (Å²) in [5, 5.41) is 20.5. The summed E-state index contributed by atoms with van der Waals surface area (Å²) < 4.78 is 0. The molecule has 0 saturated carbocycles. The average molecular weight is 493 g/mol. The maximum absolute atomic E-state index is 13.3. The van der Waals surface area contributed by atoms with Crippen LogP contribution in [0.4, 0.5) is 0 Å². The van der Waals surface area contributed by atoms with Gasteiger partial charge in [0.2, 0.25) is 0 Å². The Kier molecular flexibility index (Phi) is 7.24. The SMILES string of the molecule is CC(C)c1cc(C(=O)N2Cc3ccc(CN4CCN(C[C@H]5CCN(C)C5)CC4)cc3C2)c(O)cc1O. The number of likely N-dealkylation sites (tertiary alicyclic amines) is 1. The van der Waals surface area contributed by atoms with Gasteiger partial charge in [0.25, 0.3) is 5.91 Å². The first-order chi connectivity index (χ1) is 17.3. The van der Waals surface area contributed by atoms with Crippen LogP contribution in [-0.4, -0.2) is 88.6 Å². The molecule has 0 unspecified atom stereocenters. The van der Waals surface area contributed by atoms with Gasteiger partial charge in [0, 0.05) is 65.0 Å². The van der Waals surface area contributed by atoms with Crippen molar-refractivity contribution < 1.29 is 15.0 Å². The smallest absolute Gasteiger partial charge is 0.258 e. The van der Waals surface area contributed by atoms with Crippen LogP contribution < -0.4 is 0 Å². The number of aromatic hydroxyl groups is 2. The molecule has 3 aliphatic rings. The molecule has 3 heterocycles. The van der Waals surface area contributed by atoms with E-state index in [9.17, 15) is 15.0 Å². The fraction of sp³-hybridized carbons (Fsp3) is 0.552. The summed E-state index contributed by atoms with van der Waals surface area (Å²) >= 11 is 0. The number of benzene rings is 2. The molecule has 2 saturated heterocycles. The highest BCUT2D eigenvalue weighted by atomic mass is 16.3. The zero-order chi connectivity index (χ0) is 25.4. The maximum Gasteiger partial charge on any atom is 0.258 e. The molecule has 5 rings (SSSR count). The van der Waals surface area contributed by atoms with E-state index in [1.165, 1.54) is 48.8 Å². The van der Waals surface area contributed by atoms with Crippen molar-refractivity contribution in [2.24, 2.45) is 5.92 Å². The fourth-order valence-electron chi connectivity index (χ4n) is 6.02. The maximum atomic E-state index is 13.3. The molecule has 0 aromatic heterocycles. The second-order valence-corrected chi connectivity index (χ2v) is 11.3. The highest BCUT2D eigenvalue weighted by Gasteiger charge is 2.28. The first-order valence-corrected chi connectivity index (χ1v) is 13.4. The van der Waals surface area contributed by atoms with Crippen molar-refractivity contribution in [2.45, 2.75) is 45.8 Å². The highest BCUT2D eigenvalue weighted by molar-refractivity contribution is 5.97. The van der Waals surface area contributed by atoms with Gasteiger partial charge in [-0.3, -0.25) is 9.69 Å². The third-order valence-corrected chi connectivity index (χ3v) is 8.15. The van der Waals surface area contributed by atoms with Crippen LogP contribution in [0.2, 0.25) is 0 Å². The molecular weight excluding hydrogens is 452 g/mol. The van der Waals surface area contributed by atoms with E-state index in [1.807, 2.05) is 13.8 Å². The minimum Gasteiger partial charge on any atom is -0.508 e. The normalized spacial score (nSPS) is 21.4. The predicted molar refractivity (Wildman–Crippen MR) is 141 cm³/mol. The molecule has 0 spiro atoms. The number of phenols is 2. The van der Waals surface area contributed by atoms with E-state index in [-0.39, 0.29) is 28.9 Å². The van der Waals surface area contributed by atoms with Crippen molar-refractivity contribution in [3.63, 3.8) is 0 Å². The zero-order valence-electron chi connectivity index (χ0n) is 21.9. The molecule has 1 atom stereocenters. The summed E-state index contributed by atoms with van der Waals surface area (Å²) in [6.07, 6.45) is 1.33. The summed E-state index contributed by atoms with van der Waals surface area (Å²) in [4.78, 5) is 22.7. The van der Waals surface area contributed by atoms with E-state index in [0.29, 0.717) is 18.7 Å². The standard InChI is InChI=1S/C29H40N4O3/c1-20(2)25-13-26(28(35)14-27(25)34)29(36)33-18-23-5-4-21(12-24(23)19-33)16-31-8-10-32(11-9-31)17-22-6-7-30(3)15-22/h4-5,12-14,20,22,34-35H,6-11,15-19H2,1-3H3/t22-/m0/s1. The van der Waals surface area contributed by atoms with E-state index in [2.05, 4.69) is 39.9 Å². The lowest BCUT2D eigenvalue weighted by atomic mass is 9.98. The Labute approximate surface area is 214 Å². The van der Waals surface area contributed by atoms with Gasteiger partial charge in [-0.2, -0.15) is 0 Å². The topological polar surface area (TPSA) is 70.5 Å². The van der Waals surface area contributed by atoms with E-state index < -0.39 is 0 Å². The number of amides is 1. The van der Waals surface area contributed by atoms with Crippen LogP contribution >= 0.6 is 0 Å². The number of fused-ring (bicyclic) bond motifs is 1. The van der Waals surface area contributed by atoms with E-state index in [0.717, 1.165) is 38.6 Å². The summed E-state index contributed by atoms with van der Waals surface area (Å²) in [6, 6.07) is 9.52. The number of piperazine rings is 1. The lowest BCUT2D eigenvalue weighted by Crippen LogP contribution is -2.47. The molecule has 2 N–H and O–H groups in total. The van der Waals surface area contributed by atoms with E-state index in [4.69, 9.17) is 0 Å². The van der Waals surface area contributed by atoms with Crippen molar-refractivity contribution >= 4 is 5.91 Å². The van der Waals surface area contributed by atoms with E-state index >= 15 is 0 Å². The molecular formula is C29H40N4O3. The molecule has 0 aliphatic carbocycles. The molecule has 7 nitrogen and oxygen atoms in total. The third kappa shape index (κ3) is 5.38. The summed E-state index contributed by atoms with van der Waals surface area (Å²) in [5.74, 6) is 0.542. The van der Waals surface area contributed by atoms with Crippen LogP contribution in [0.15, 0.2) is 30.3 Å². The van der Waals surface area contributed by atoms with Crippen molar-refractivity contribution in [3.05, 3.63) is 58.1 Å². The van der Waals surface area contributed by atoms with Crippen molar-refractivity contribution in [1.29, 1.82) is 0 Å². The second kappa shape index (κ2) is 10.4. The van der Waals surface area contributed by atoms with Gasteiger partial charge in [-0.05, 0) is 60.2 Å². The van der Waals surface area contributed by atoms with Gasteiger partial charge >= 0.3 is 0 Å². The quantitative estimate of drug-likeness (QED) is 0.644. The zero-order valence-corrected chi connectivity index (χ0v) is 21.9. The van der Waals surface area contributed by atoms with Crippen LogP contribution in [0.1, 0.15) is 58.8 Å². The van der Waals surface area contributed by atoms with Crippen molar-refractivity contribution in [2.75, 3.05) is 52.9 Å². The first kappa shape index (κ1) is 25.1. The number of nitrogens with zero attached hydrogens (tertiary/aromatic N) is 4. The summed E-state index contributed by atoms with van der Waals surface area (Å²) in [5.41, 5.74) is 4.58. The lowest BCUT2D eigenvalue weighted by Gasteiger charge is -2.36. The van der Waals surface area contributed by atoms with Crippen molar-refractivity contribution in [3.8, 4) is 11.5 Å². The molecule has 0 radical (unpaired) electrons. The van der Waals surface area contributed by atoms with Crippen LogP contribution in [0.3, 0.4) is 0 Å². The fourth-order valence-corrected chi connectivity index (χ4v) is 6.02.